The van der Waals surface area contributed by atoms with Gasteiger partial charge in [0.05, 0.1) is 12.1 Å². The van der Waals surface area contributed by atoms with E-state index in [0.717, 1.165) is 18.5 Å². The van der Waals surface area contributed by atoms with E-state index in [1.54, 1.807) is 12.1 Å². The molecule has 1 aliphatic heterocycles. The number of piperidine rings is 1. The number of halogens is 1. The number of aliphatic hydroxyl groups excluding tert-OH is 1. The van der Waals surface area contributed by atoms with E-state index in [4.69, 9.17) is 0 Å². The quantitative estimate of drug-likeness (QED) is 0.636. The fraction of sp³-hybridized carbons (Fsp3) is 0.708. The van der Waals surface area contributed by atoms with Gasteiger partial charge in [0.2, 0.25) is 5.91 Å². The van der Waals surface area contributed by atoms with Crippen LogP contribution in [0.4, 0.5) is 4.39 Å². The zero-order chi connectivity index (χ0) is 21.7. The summed E-state index contributed by atoms with van der Waals surface area (Å²) in [4.78, 5) is 15.2. The van der Waals surface area contributed by atoms with Crippen molar-refractivity contribution in [3.8, 4) is 0 Å². The van der Waals surface area contributed by atoms with Crippen LogP contribution < -0.4 is 10.6 Å². The zero-order valence-electron chi connectivity index (χ0n) is 18.7. The lowest BCUT2D eigenvalue weighted by Gasteiger charge is -2.46. The van der Waals surface area contributed by atoms with Gasteiger partial charge in [-0.15, -0.1) is 0 Å². The molecule has 4 atom stereocenters. The van der Waals surface area contributed by atoms with Crippen molar-refractivity contribution in [3.63, 3.8) is 0 Å². The Kier molecular flexibility index (Phi) is 7.88. The van der Waals surface area contributed by atoms with Crippen LogP contribution in [0.5, 0.6) is 0 Å². The van der Waals surface area contributed by atoms with Crippen LogP contribution in [0.2, 0.25) is 0 Å². The van der Waals surface area contributed by atoms with E-state index < -0.39 is 6.10 Å². The van der Waals surface area contributed by atoms with Crippen molar-refractivity contribution in [2.75, 3.05) is 19.6 Å². The minimum Gasteiger partial charge on any atom is -0.390 e. The summed E-state index contributed by atoms with van der Waals surface area (Å²) in [5.41, 5.74) is 0.718. The van der Waals surface area contributed by atoms with Crippen molar-refractivity contribution in [3.05, 3.63) is 35.6 Å². The zero-order valence-corrected chi connectivity index (χ0v) is 18.7. The first-order valence-electron chi connectivity index (χ1n) is 11.4. The molecule has 168 valence electrons. The van der Waals surface area contributed by atoms with Gasteiger partial charge >= 0.3 is 0 Å². The molecule has 5 nitrogen and oxygen atoms in total. The van der Waals surface area contributed by atoms with Crippen LogP contribution in [0.15, 0.2) is 24.3 Å². The molecule has 1 saturated heterocycles. The van der Waals surface area contributed by atoms with Gasteiger partial charge in [0.1, 0.15) is 5.82 Å². The Hall–Kier alpha value is -1.50. The van der Waals surface area contributed by atoms with Crippen molar-refractivity contribution in [2.45, 2.75) is 77.1 Å². The second-order valence-corrected chi connectivity index (χ2v) is 10.2. The van der Waals surface area contributed by atoms with E-state index in [0.29, 0.717) is 31.5 Å². The molecule has 30 heavy (non-hydrogen) atoms. The fourth-order valence-corrected chi connectivity index (χ4v) is 4.95. The van der Waals surface area contributed by atoms with Crippen molar-refractivity contribution < 1.29 is 14.3 Å². The maximum atomic E-state index is 13.0. The summed E-state index contributed by atoms with van der Waals surface area (Å²) < 4.78 is 13.0. The first kappa shape index (κ1) is 23.2. The normalized spacial score (nSPS) is 26.1. The number of hydrogen-bond acceptors (Lipinski definition) is 4. The minimum absolute atomic E-state index is 0.0815. The van der Waals surface area contributed by atoms with Gasteiger partial charge in [0.25, 0.3) is 0 Å². The molecule has 2 aliphatic rings. The van der Waals surface area contributed by atoms with Crippen molar-refractivity contribution in [2.24, 2.45) is 11.8 Å². The predicted octanol–water partition coefficient (Wildman–Crippen LogP) is 3.07. The fourth-order valence-electron chi connectivity index (χ4n) is 4.95. The Balaban J connectivity index is 1.56. The van der Waals surface area contributed by atoms with Gasteiger partial charge in [0.15, 0.2) is 0 Å². The highest BCUT2D eigenvalue weighted by Crippen LogP contribution is 2.38. The minimum atomic E-state index is -0.560. The summed E-state index contributed by atoms with van der Waals surface area (Å²) in [6.07, 6.45) is 5.33. The molecule has 1 saturated carbocycles. The van der Waals surface area contributed by atoms with E-state index in [9.17, 15) is 14.3 Å². The van der Waals surface area contributed by atoms with E-state index in [1.807, 2.05) is 20.8 Å². The molecule has 1 aromatic rings. The first-order chi connectivity index (χ1) is 14.2. The average Bonchev–Trinajstić information content (AvgIpc) is 2.67. The molecule has 1 heterocycles. The van der Waals surface area contributed by atoms with Crippen LogP contribution in [0.25, 0.3) is 0 Å². The molecule has 1 aliphatic carbocycles. The molecule has 3 N–H and O–H groups in total. The number of fused-ring (bicyclic) bond motifs is 1. The van der Waals surface area contributed by atoms with Gasteiger partial charge in [0, 0.05) is 31.7 Å². The first-order valence-corrected chi connectivity index (χ1v) is 11.4. The summed E-state index contributed by atoms with van der Waals surface area (Å²) in [7, 11) is 0. The number of benzene rings is 1. The van der Waals surface area contributed by atoms with Crippen molar-refractivity contribution >= 4 is 5.91 Å². The SMILES string of the molecule is CC(C)(C)NC(=O)[C@@H]1C[C@@H]2CCCC[C@@H]2CN1C[C@@H](O)CNCc1ccc(F)cc1. The van der Waals surface area contributed by atoms with E-state index >= 15 is 0 Å². The number of rotatable bonds is 7. The van der Waals surface area contributed by atoms with Gasteiger partial charge in [-0.3, -0.25) is 9.69 Å². The molecule has 1 amide bonds. The van der Waals surface area contributed by atoms with Gasteiger partial charge < -0.3 is 15.7 Å². The van der Waals surface area contributed by atoms with Crippen LogP contribution in [0.1, 0.15) is 58.4 Å². The highest BCUT2D eigenvalue weighted by molar-refractivity contribution is 5.82. The summed E-state index contributed by atoms with van der Waals surface area (Å²) in [5.74, 6) is 1.10. The van der Waals surface area contributed by atoms with Crippen LogP contribution in [-0.4, -0.2) is 53.2 Å². The second kappa shape index (κ2) is 10.2. The molecule has 0 unspecified atom stereocenters. The van der Waals surface area contributed by atoms with Gasteiger partial charge in [-0.25, -0.2) is 4.39 Å². The third kappa shape index (κ3) is 6.76. The third-order valence-corrected chi connectivity index (χ3v) is 6.37. The number of β-amino-alcohol motifs (C(OH)–C–C–N with tert-alkyl or cyclic N) is 1. The van der Waals surface area contributed by atoms with Gasteiger partial charge in [-0.05, 0) is 63.1 Å². The highest BCUT2D eigenvalue weighted by atomic mass is 19.1. The van der Waals surface area contributed by atoms with Crippen LogP contribution in [-0.2, 0) is 11.3 Å². The number of nitrogens with one attached hydrogen (secondary N) is 2. The lowest BCUT2D eigenvalue weighted by molar-refractivity contribution is -0.132. The molecule has 6 heteroatoms. The summed E-state index contributed by atoms with van der Waals surface area (Å²) in [5, 5.41) is 17.1. The maximum Gasteiger partial charge on any atom is 0.237 e. The number of nitrogens with zero attached hydrogens (tertiary/aromatic N) is 1. The predicted molar refractivity (Wildman–Crippen MR) is 117 cm³/mol. The molecule has 0 aromatic heterocycles. The Morgan fingerprint density at radius 3 is 2.53 bits per heavy atom. The summed E-state index contributed by atoms with van der Waals surface area (Å²) in [6, 6.07) is 6.21. The van der Waals surface area contributed by atoms with E-state index in [2.05, 4.69) is 15.5 Å². The molecule has 2 fully saturated rings. The Labute approximate surface area is 180 Å². The number of amides is 1. The third-order valence-electron chi connectivity index (χ3n) is 6.37. The Bertz CT molecular complexity index is 689. The molecular weight excluding hydrogens is 381 g/mol. The van der Waals surface area contributed by atoms with Crippen LogP contribution in [0, 0.1) is 17.7 Å². The number of likely N-dealkylation sites (tertiary alicyclic amines) is 1. The Morgan fingerprint density at radius 2 is 1.87 bits per heavy atom. The molecule has 1 aromatic carbocycles. The highest BCUT2D eigenvalue weighted by Gasteiger charge is 2.40. The lowest BCUT2D eigenvalue weighted by Crippen LogP contribution is -2.59. The molecule has 3 rings (SSSR count). The number of carbonyl (C=O) groups excluding carboxylic acids is 1. The van der Waals surface area contributed by atoms with Crippen LogP contribution in [0.3, 0.4) is 0 Å². The van der Waals surface area contributed by atoms with Gasteiger partial charge in [-0.2, -0.15) is 0 Å². The number of carbonyl (C=O) groups is 1. The van der Waals surface area contributed by atoms with E-state index in [1.165, 1.54) is 37.8 Å². The monoisotopic (exact) mass is 419 g/mol. The lowest BCUT2D eigenvalue weighted by atomic mass is 9.72. The van der Waals surface area contributed by atoms with E-state index in [-0.39, 0.29) is 23.3 Å². The largest absolute Gasteiger partial charge is 0.390 e. The second-order valence-electron chi connectivity index (χ2n) is 10.2. The molecule has 0 bridgehead atoms. The topological polar surface area (TPSA) is 64.6 Å². The number of aliphatic hydroxyl groups is 1. The molecular formula is C24H38FN3O2. The summed E-state index contributed by atoms with van der Waals surface area (Å²) in [6.45, 7) is 8.43. The van der Waals surface area contributed by atoms with Gasteiger partial charge in [-0.1, -0.05) is 31.4 Å². The smallest absolute Gasteiger partial charge is 0.237 e. The molecule has 0 spiro atoms. The van der Waals surface area contributed by atoms with Crippen LogP contribution >= 0.6 is 0 Å². The molecule has 0 radical (unpaired) electrons. The Morgan fingerprint density at radius 1 is 1.20 bits per heavy atom. The maximum absolute atomic E-state index is 13.0. The van der Waals surface area contributed by atoms with Crippen molar-refractivity contribution in [1.82, 2.24) is 15.5 Å². The summed E-state index contributed by atoms with van der Waals surface area (Å²) >= 11 is 0. The standard InChI is InChI=1S/C24H38FN3O2/c1-24(2,3)27-23(30)22-12-18-6-4-5-7-19(18)15-28(22)16-21(29)14-26-13-17-8-10-20(25)11-9-17/h8-11,18-19,21-22,26,29H,4-7,12-16H2,1-3H3,(H,27,30)/t18-,19+,21-,22-/m0/s1. The van der Waals surface area contributed by atoms with Crippen molar-refractivity contribution in [1.29, 1.82) is 0 Å². The number of hydrogen-bond donors (Lipinski definition) is 3. The average molecular weight is 420 g/mol.